The largest absolute Gasteiger partial charge is 0.313 e. The molecule has 0 aliphatic rings. The van der Waals surface area contributed by atoms with E-state index in [-0.39, 0.29) is 0 Å². The van der Waals surface area contributed by atoms with E-state index in [9.17, 15) is 0 Å². The molecule has 2 heteroatoms. The van der Waals surface area contributed by atoms with Crippen LogP contribution in [-0.2, 0) is 6.54 Å². The summed E-state index contributed by atoms with van der Waals surface area (Å²) >= 11 is 0. The van der Waals surface area contributed by atoms with Gasteiger partial charge in [0.1, 0.15) is 0 Å². The minimum absolute atomic E-state index is 0.989. The van der Waals surface area contributed by atoms with Crippen molar-refractivity contribution in [3.63, 3.8) is 0 Å². The summed E-state index contributed by atoms with van der Waals surface area (Å²) < 4.78 is 0. The van der Waals surface area contributed by atoms with Crippen LogP contribution in [0.4, 0.5) is 0 Å². The van der Waals surface area contributed by atoms with Gasteiger partial charge in [0, 0.05) is 6.54 Å². The molecule has 1 aromatic rings. The van der Waals surface area contributed by atoms with E-state index in [4.69, 9.17) is 0 Å². The van der Waals surface area contributed by atoms with Crippen LogP contribution in [0.15, 0.2) is 24.3 Å². The Morgan fingerprint density at radius 1 is 1.07 bits per heavy atom. The van der Waals surface area contributed by atoms with Crippen LogP contribution in [-0.4, -0.2) is 14.6 Å². The van der Waals surface area contributed by atoms with Crippen molar-refractivity contribution >= 4 is 13.3 Å². The van der Waals surface area contributed by atoms with Gasteiger partial charge in [0.25, 0.3) is 0 Å². The lowest BCUT2D eigenvalue weighted by Gasteiger charge is -2.16. The Morgan fingerprint density at radius 3 is 2.07 bits per heavy atom. The Balaban J connectivity index is 2.69. The second kappa shape index (κ2) is 4.76. The molecule has 0 fully saturated rings. The highest BCUT2D eigenvalue weighted by Crippen LogP contribution is 2.04. The lowest BCUT2D eigenvalue weighted by Crippen LogP contribution is -2.37. The molecule has 0 unspecified atom stereocenters. The van der Waals surface area contributed by atoms with E-state index in [1.165, 1.54) is 10.8 Å². The van der Waals surface area contributed by atoms with Gasteiger partial charge in [0.2, 0.25) is 0 Å². The summed E-state index contributed by atoms with van der Waals surface area (Å²) in [6, 6.07) is 9.07. The topological polar surface area (TPSA) is 12.0 Å². The molecule has 0 spiro atoms. The highest BCUT2D eigenvalue weighted by Gasteiger charge is 2.15. The van der Waals surface area contributed by atoms with Gasteiger partial charge in [0.15, 0.2) is 0 Å². The third-order valence-corrected chi connectivity index (χ3v) is 4.46. The van der Waals surface area contributed by atoms with E-state index in [1.54, 1.807) is 0 Å². The Morgan fingerprint density at radius 2 is 1.64 bits per heavy atom. The maximum atomic E-state index is 3.33. The molecule has 0 bridgehead atoms. The summed E-state index contributed by atoms with van der Waals surface area (Å²) in [6.07, 6.45) is 0. The standard InChI is InChI=1S/C12H21NSi/c1-5-13-10-11-6-8-12(9-7-11)14(2,3)4/h6-9,13H,5,10H2,1-4H3. The molecule has 1 rings (SSSR count). The fourth-order valence-electron chi connectivity index (χ4n) is 1.39. The van der Waals surface area contributed by atoms with Gasteiger partial charge in [-0.3, -0.25) is 0 Å². The molecule has 0 amide bonds. The first-order valence-corrected chi connectivity index (χ1v) is 8.84. The zero-order valence-electron chi connectivity index (χ0n) is 9.72. The molecule has 0 radical (unpaired) electrons. The SMILES string of the molecule is CCNCc1ccc([Si](C)(C)C)cc1. The molecule has 1 nitrogen and oxygen atoms in total. The number of hydrogen-bond acceptors (Lipinski definition) is 1. The summed E-state index contributed by atoms with van der Waals surface area (Å²) in [7, 11) is -1.11. The van der Waals surface area contributed by atoms with Crippen LogP contribution in [0.25, 0.3) is 0 Å². The van der Waals surface area contributed by atoms with E-state index in [0.29, 0.717) is 0 Å². The smallest absolute Gasteiger partial charge is 0.0775 e. The van der Waals surface area contributed by atoms with Gasteiger partial charge in [0.05, 0.1) is 8.07 Å². The molecule has 78 valence electrons. The summed E-state index contributed by atoms with van der Waals surface area (Å²) in [4.78, 5) is 0. The van der Waals surface area contributed by atoms with Crippen LogP contribution in [0, 0.1) is 0 Å². The van der Waals surface area contributed by atoms with Crippen molar-refractivity contribution in [3.8, 4) is 0 Å². The van der Waals surface area contributed by atoms with Crippen molar-refractivity contribution < 1.29 is 0 Å². The van der Waals surface area contributed by atoms with Gasteiger partial charge in [-0.2, -0.15) is 0 Å². The van der Waals surface area contributed by atoms with Gasteiger partial charge in [-0.25, -0.2) is 0 Å². The van der Waals surface area contributed by atoms with Crippen molar-refractivity contribution in [3.05, 3.63) is 29.8 Å². The maximum absolute atomic E-state index is 3.33. The Bertz CT molecular complexity index is 271. The molecule has 1 aromatic carbocycles. The summed E-state index contributed by atoms with van der Waals surface area (Å²) in [5.74, 6) is 0. The fourth-order valence-corrected chi connectivity index (χ4v) is 2.56. The van der Waals surface area contributed by atoms with E-state index in [1.807, 2.05) is 0 Å². The lowest BCUT2D eigenvalue weighted by molar-refractivity contribution is 0.727. The minimum Gasteiger partial charge on any atom is -0.313 e. The number of hydrogen-bond donors (Lipinski definition) is 1. The van der Waals surface area contributed by atoms with Gasteiger partial charge in [-0.15, -0.1) is 0 Å². The van der Waals surface area contributed by atoms with Gasteiger partial charge in [-0.1, -0.05) is 56.0 Å². The molecule has 0 atom stereocenters. The minimum atomic E-state index is -1.11. The quantitative estimate of drug-likeness (QED) is 0.747. The first-order valence-electron chi connectivity index (χ1n) is 5.34. The molecule has 0 saturated carbocycles. The predicted octanol–water partition coefficient (Wildman–Crippen LogP) is 2.34. The normalized spacial score (nSPS) is 11.7. The van der Waals surface area contributed by atoms with E-state index < -0.39 is 8.07 Å². The fraction of sp³-hybridized carbons (Fsp3) is 0.500. The van der Waals surface area contributed by atoms with E-state index in [2.05, 4.69) is 56.1 Å². The van der Waals surface area contributed by atoms with E-state index in [0.717, 1.165) is 13.1 Å². The van der Waals surface area contributed by atoms with Gasteiger partial charge < -0.3 is 5.32 Å². The van der Waals surface area contributed by atoms with Crippen LogP contribution in [0.5, 0.6) is 0 Å². The summed E-state index contributed by atoms with van der Waals surface area (Å²) in [6.45, 7) is 11.3. The predicted molar refractivity (Wildman–Crippen MR) is 66.8 cm³/mol. The number of benzene rings is 1. The molecule has 0 aromatic heterocycles. The second-order valence-electron chi connectivity index (χ2n) is 4.73. The summed E-state index contributed by atoms with van der Waals surface area (Å²) in [5, 5.41) is 4.87. The third-order valence-electron chi connectivity index (χ3n) is 2.40. The molecule has 0 aliphatic carbocycles. The van der Waals surface area contributed by atoms with Crippen LogP contribution >= 0.6 is 0 Å². The maximum Gasteiger partial charge on any atom is 0.0775 e. The molecule has 0 heterocycles. The second-order valence-corrected chi connectivity index (χ2v) is 9.80. The number of nitrogens with one attached hydrogen (secondary N) is 1. The van der Waals surface area contributed by atoms with Gasteiger partial charge in [-0.05, 0) is 12.1 Å². The average Bonchev–Trinajstić information content (AvgIpc) is 2.14. The third kappa shape index (κ3) is 3.27. The van der Waals surface area contributed by atoms with Gasteiger partial charge >= 0.3 is 0 Å². The number of rotatable bonds is 4. The van der Waals surface area contributed by atoms with Crippen molar-refractivity contribution in [2.24, 2.45) is 0 Å². The van der Waals surface area contributed by atoms with Crippen LogP contribution in [0.3, 0.4) is 0 Å². The highest BCUT2D eigenvalue weighted by molar-refractivity contribution is 6.88. The van der Waals surface area contributed by atoms with Crippen molar-refractivity contribution in [2.45, 2.75) is 33.1 Å². The molecule has 14 heavy (non-hydrogen) atoms. The van der Waals surface area contributed by atoms with Crippen LogP contribution < -0.4 is 10.5 Å². The van der Waals surface area contributed by atoms with Crippen molar-refractivity contribution in [1.29, 1.82) is 0 Å². The zero-order chi connectivity index (χ0) is 10.6. The first-order chi connectivity index (χ1) is 6.54. The Hall–Kier alpha value is -0.603. The Labute approximate surface area is 88.6 Å². The molecule has 0 aliphatic heterocycles. The lowest BCUT2D eigenvalue weighted by atomic mass is 10.2. The van der Waals surface area contributed by atoms with Crippen LogP contribution in [0.2, 0.25) is 19.6 Å². The zero-order valence-corrected chi connectivity index (χ0v) is 10.7. The molecule has 0 saturated heterocycles. The molecular formula is C12H21NSi. The van der Waals surface area contributed by atoms with Crippen molar-refractivity contribution in [2.75, 3.05) is 6.54 Å². The van der Waals surface area contributed by atoms with E-state index >= 15 is 0 Å². The van der Waals surface area contributed by atoms with Crippen LogP contribution in [0.1, 0.15) is 12.5 Å². The summed E-state index contributed by atoms with van der Waals surface area (Å²) in [5.41, 5.74) is 1.38. The molecular weight excluding hydrogens is 186 g/mol. The molecule has 1 N–H and O–H groups in total. The average molecular weight is 207 g/mol. The monoisotopic (exact) mass is 207 g/mol. The highest BCUT2D eigenvalue weighted by atomic mass is 28.3. The van der Waals surface area contributed by atoms with Crippen molar-refractivity contribution in [1.82, 2.24) is 5.32 Å². The first kappa shape index (κ1) is 11.5. The Kier molecular flexibility index (Phi) is 3.90.